The maximum atomic E-state index is 12.7. The van der Waals surface area contributed by atoms with Crippen molar-refractivity contribution in [3.63, 3.8) is 0 Å². The van der Waals surface area contributed by atoms with Crippen LogP contribution in [0.25, 0.3) is 0 Å². The summed E-state index contributed by atoms with van der Waals surface area (Å²) in [7, 11) is 0. The van der Waals surface area contributed by atoms with Gasteiger partial charge in [0.25, 0.3) is 5.91 Å². The molecule has 2 N–H and O–H groups in total. The number of benzene rings is 3. The number of nitrogens with one attached hydrogen (secondary N) is 2. The summed E-state index contributed by atoms with van der Waals surface area (Å²) in [5, 5.41) is 5.86. The van der Waals surface area contributed by atoms with Crippen LogP contribution in [-0.2, 0) is 4.79 Å². The topological polar surface area (TPSA) is 58.2 Å². The maximum Gasteiger partial charge on any atom is 0.251 e. The lowest BCUT2D eigenvalue weighted by molar-refractivity contribution is -0.114. The lowest BCUT2D eigenvalue weighted by atomic mass is 10.1. The highest BCUT2D eigenvalue weighted by Gasteiger charge is 2.14. The Morgan fingerprint density at radius 2 is 1.62 bits per heavy atom. The van der Waals surface area contributed by atoms with Crippen LogP contribution in [0, 0.1) is 6.92 Å². The molecule has 3 aromatic rings. The number of amides is 2. The first-order valence-electron chi connectivity index (χ1n) is 9.44. The van der Waals surface area contributed by atoms with E-state index in [0.717, 1.165) is 15.4 Å². The van der Waals surface area contributed by atoms with E-state index >= 15 is 0 Å². The number of aryl methyl sites for hydroxylation is 1. The number of carbonyl (C=O) groups excluding carboxylic acids is 2. The summed E-state index contributed by atoms with van der Waals surface area (Å²) in [6.07, 6.45) is 0. The molecule has 5 heteroatoms. The van der Waals surface area contributed by atoms with Crippen LogP contribution in [-0.4, -0.2) is 11.8 Å². The number of carbonyl (C=O) groups is 2. The van der Waals surface area contributed by atoms with Crippen molar-refractivity contribution in [2.24, 2.45) is 0 Å². The van der Waals surface area contributed by atoms with Crippen molar-refractivity contribution in [1.82, 2.24) is 5.32 Å². The molecule has 3 aromatic carbocycles. The normalized spacial score (nSPS) is 11.6. The minimum Gasteiger partial charge on any atom is -0.346 e. The van der Waals surface area contributed by atoms with Gasteiger partial charge in [-0.2, -0.15) is 0 Å². The molecule has 0 aliphatic carbocycles. The van der Waals surface area contributed by atoms with Crippen molar-refractivity contribution in [1.29, 1.82) is 0 Å². The van der Waals surface area contributed by atoms with Gasteiger partial charge >= 0.3 is 0 Å². The Morgan fingerprint density at radius 1 is 0.931 bits per heavy atom. The van der Waals surface area contributed by atoms with E-state index in [1.54, 1.807) is 23.9 Å². The van der Waals surface area contributed by atoms with Crippen LogP contribution < -0.4 is 10.6 Å². The molecular formula is C24H24N2O2S. The second-order valence-corrected chi connectivity index (χ2v) is 8.03. The molecule has 0 aliphatic heterocycles. The number of rotatable bonds is 6. The summed E-state index contributed by atoms with van der Waals surface area (Å²) in [6.45, 7) is 5.45. The van der Waals surface area contributed by atoms with E-state index in [-0.39, 0.29) is 17.9 Å². The van der Waals surface area contributed by atoms with Gasteiger partial charge in [0.05, 0.1) is 11.7 Å². The molecule has 2 amide bonds. The average molecular weight is 405 g/mol. The fourth-order valence-corrected chi connectivity index (χ4v) is 3.77. The molecule has 29 heavy (non-hydrogen) atoms. The molecule has 0 heterocycles. The van der Waals surface area contributed by atoms with Gasteiger partial charge in [-0.05, 0) is 49.7 Å². The lowest BCUT2D eigenvalue weighted by Crippen LogP contribution is -2.26. The largest absolute Gasteiger partial charge is 0.346 e. The first-order chi connectivity index (χ1) is 13.9. The highest BCUT2D eigenvalue weighted by atomic mass is 32.2. The van der Waals surface area contributed by atoms with Crippen molar-refractivity contribution in [3.05, 3.63) is 89.5 Å². The predicted molar refractivity (Wildman–Crippen MR) is 118 cm³/mol. The van der Waals surface area contributed by atoms with Crippen molar-refractivity contribution >= 4 is 29.3 Å². The third-order valence-electron chi connectivity index (χ3n) is 4.45. The Morgan fingerprint density at radius 3 is 2.28 bits per heavy atom. The van der Waals surface area contributed by atoms with E-state index in [1.165, 1.54) is 12.5 Å². The van der Waals surface area contributed by atoms with E-state index < -0.39 is 0 Å². The standard InChI is InChI=1S/C24H24N2O2S/c1-16-9-12-21(13-10-16)29-23-14-11-20(15-22(23)26-18(3)27)24(28)25-17(2)19-7-5-4-6-8-19/h4-15,17H,1-3H3,(H,25,28)(H,26,27). The molecule has 0 saturated carbocycles. The molecule has 0 fully saturated rings. The Labute approximate surface area is 175 Å². The molecule has 0 aromatic heterocycles. The van der Waals surface area contributed by atoms with Gasteiger partial charge < -0.3 is 10.6 Å². The molecule has 0 aliphatic rings. The van der Waals surface area contributed by atoms with Gasteiger partial charge in [0.2, 0.25) is 5.91 Å². The van der Waals surface area contributed by atoms with Crippen LogP contribution in [0.1, 0.15) is 41.4 Å². The summed E-state index contributed by atoms with van der Waals surface area (Å²) in [5.41, 5.74) is 3.36. The molecule has 4 nitrogen and oxygen atoms in total. The molecule has 0 saturated heterocycles. The fourth-order valence-electron chi connectivity index (χ4n) is 2.89. The predicted octanol–water partition coefficient (Wildman–Crippen LogP) is 5.60. The van der Waals surface area contributed by atoms with Gasteiger partial charge in [0, 0.05) is 22.3 Å². The van der Waals surface area contributed by atoms with Crippen LogP contribution >= 0.6 is 11.8 Å². The summed E-state index contributed by atoms with van der Waals surface area (Å²) < 4.78 is 0. The molecule has 0 spiro atoms. The highest BCUT2D eigenvalue weighted by Crippen LogP contribution is 2.34. The van der Waals surface area contributed by atoms with Crippen molar-refractivity contribution in [3.8, 4) is 0 Å². The fraction of sp³-hybridized carbons (Fsp3) is 0.167. The molecular weight excluding hydrogens is 380 g/mol. The zero-order chi connectivity index (χ0) is 20.8. The Hall–Kier alpha value is -3.05. The minimum atomic E-state index is -0.181. The van der Waals surface area contributed by atoms with E-state index in [0.29, 0.717) is 11.3 Å². The summed E-state index contributed by atoms with van der Waals surface area (Å²) in [4.78, 5) is 26.4. The maximum absolute atomic E-state index is 12.7. The van der Waals surface area contributed by atoms with E-state index in [9.17, 15) is 9.59 Å². The van der Waals surface area contributed by atoms with Crippen molar-refractivity contribution < 1.29 is 9.59 Å². The van der Waals surface area contributed by atoms with Gasteiger partial charge in [-0.15, -0.1) is 0 Å². The third-order valence-corrected chi connectivity index (χ3v) is 5.53. The van der Waals surface area contributed by atoms with Gasteiger partial charge in [-0.1, -0.05) is 59.8 Å². The second-order valence-electron chi connectivity index (χ2n) is 6.91. The molecule has 1 atom stereocenters. The molecule has 0 radical (unpaired) electrons. The van der Waals surface area contributed by atoms with Gasteiger partial charge in [0.1, 0.15) is 0 Å². The molecule has 3 rings (SSSR count). The van der Waals surface area contributed by atoms with Crippen molar-refractivity contribution in [2.75, 3.05) is 5.32 Å². The van der Waals surface area contributed by atoms with Gasteiger partial charge in [-0.25, -0.2) is 0 Å². The Bertz CT molecular complexity index is 1000. The van der Waals surface area contributed by atoms with Gasteiger partial charge in [0.15, 0.2) is 0 Å². The minimum absolute atomic E-state index is 0.116. The van der Waals surface area contributed by atoms with E-state index in [2.05, 4.69) is 10.6 Å². The summed E-state index contributed by atoms with van der Waals surface area (Å²) in [6, 6.07) is 23.3. The van der Waals surface area contributed by atoms with Gasteiger partial charge in [-0.3, -0.25) is 9.59 Å². The first kappa shape index (κ1) is 20.7. The molecule has 0 bridgehead atoms. The monoisotopic (exact) mass is 404 g/mol. The second kappa shape index (κ2) is 9.43. The first-order valence-corrected chi connectivity index (χ1v) is 10.3. The third kappa shape index (κ3) is 5.72. The van der Waals surface area contributed by atoms with Crippen LogP contribution in [0.2, 0.25) is 0 Å². The zero-order valence-electron chi connectivity index (χ0n) is 16.7. The highest BCUT2D eigenvalue weighted by molar-refractivity contribution is 7.99. The van der Waals surface area contributed by atoms with Crippen LogP contribution in [0.15, 0.2) is 82.6 Å². The van der Waals surface area contributed by atoms with Crippen LogP contribution in [0.3, 0.4) is 0 Å². The zero-order valence-corrected chi connectivity index (χ0v) is 17.5. The molecule has 148 valence electrons. The SMILES string of the molecule is CC(=O)Nc1cc(C(=O)NC(C)c2ccccc2)ccc1Sc1ccc(C)cc1. The number of anilines is 1. The average Bonchev–Trinajstić information content (AvgIpc) is 2.71. The van der Waals surface area contributed by atoms with E-state index in [4.69, 9.17) is 0 Å². The van der Waals surface area contributed by atoms with E-state index in [1.807, 2.05) is 74.5 Å². The van der Waals surface area contributed by atoms with Crippen molar-refractivity contribution in [2.45, 2.75) is 36.6 Å². The summed E-state index contributed by atoms with van der Waals surface area (Å²) >= 11 is 1.55. The number of hydrogen-bond donors (Lipinski definition) is 2. The number of hydrogen-bond acceptors (Lipinski definition) is 3. The smallest absolute Gasteiger partial charge is 0.251 e. The quantitative estimate of drug-likeness (QED) is 0.563. The van der Waals surface area contributed by atoms with Crippen LogP contribution in [0.4, 0.5) is 5.69 Å². The molecule has 1 unspecified atom stereocenters. The Kier molecular flexibility index (Phi) is 6.73. The summed E-state index contributed by atoms with van der Waals surface area (Å²) in [5.74, 6) is -0.356. The lowest BCUT2D eigenvalue weighted by Gasteiger charge is -2.16. The van der Waals surface area contributed by atoms with Crippen LogP contribution in [0.5, 0.6) is 0 Å². The Balaban J connectivity index is 1.81.